The van der Waals surface area contributed by atoms with Gasteiger partial charge in [0.15, 0.2) is 0 Å². The first-order chi connectivity index (χ1) is 8.66. The Morgan fingerprint density at radius 1 is 1.39 bits per heavy atom. The van der Waals surface area contributed by atoms with Crippen molar-refractivity contribution in [2.45, 2.75) is 20.0 Å². The Morgan fingerprint density at radius 3 is 2.89 bits per heavy atom. The van der Waals surface area contributed by atoms with Crippen molar-refractivity contribution in [2.75, 3.05) is 0 Å². The summed E-state index contributed by atoms with van der Waals surface area (Å²) in [6, 6.07) is 6.02. The van der Waals surface area contributed by atoms with E-state index in [9.17, 15) is 4.79 Å². The topological polar surface area (TPSA) is 38.1 Å². The van der Waals surface area contributed by atoms with Gasteiger partial charge in [-0.25, -0.2) is 4.98 Å². The maximum Gasteiger partial charge on any atom is 0.255 e. The zero-order valence-electron chi connectivity index (χ0n) is 10.6. The summed E-state index contributed by atoms with van der Waals surface area (Å²) in [5.74, 6) is 1.03. The van der Waals surface area contributed by atoms with Crippen LogP contribution < -0.4 is 0 Å². The number of rotatable bonds is 2. The zero-order valence-corrected chi connectivity index (χ0v) is 10.6. The molecule has 0 N–H and O–H groups in total. The standard InChI is InChI=1S/C14H15N3O/c1-10-4-3-5-11-8-17(14(18)13(10)11)9-12-15-6-7-16(12)2/h3-7H,8-9H2,1-2H3. The third-order valence-electron chi connectivity index (χ3n) is 3.47. The average molecular weight is 241 g/mol. The summed E-state index contributed by atoms with van der Waals surface area (Å²) < 4.78 is 1.95. The summed E-state index contributed by atoms with van der Waals surface area (Å²) >= 11 is 0. The summed E-state index contributed by atoms with van der Waals surface area (Å²) in [6.07, 6.45) is 3.66. The predicted octanol–water partition coefficient (Wildman–Crippen LogP) is 1.88. The highest BCUT2D eigenvalue weighted by atomic mass is 16.2. The summed E-state index contributed by atoms with van der Waals surface area (Å²) in [7, 11) is 1.95. The number of carbonyl (C=O) groups excluding carboxylic acids is 1. The van der Waals surface area contributed by atoms with Crippen molar-refractivity contribution in [3.8, 4) is 0 Å². The Kier molecular flexibility index (Phi) is 2.44. The number of aryl methyl sites for hydroxylation is 2. The van der Waals surface area contributed by atoms with Gasteiger partial charge in [0.2, 0.25) is 0 Å². The second-order valence-electron chi connectivity index (χ2n) is 4.72. The van der Waals surface area contributed by atoms with Crippen LogP contribution in [-0.2, 0) is 20.1 Å². The Labute approximate surface area is 106 Å². The Balaban J connectivity index is 1.89. The first-order valence-corrected chi connectivity index (χ1v) is 6.01. The van der Waals surface area contributed by atoms with Crippen LogP contribution in [0.2, 0.25) is 0 Å². The summed E-state index contributed by atoms with van der Waals surface area (Å²) in [5.41, 5.74) is 3.04. The number of carbonyl (C=O) groups is 1. The molecule has 0 spiro atoms. The molecule has 0 fully saturated rings. The molecule has 0 unspecified atom stereocenters. The Hall–Kier alpha value is -2.10. The van der Waals surface area contributed by atoms with Gasteiger partial charge in [-0.05, 0) is 18.1 Å². The third-order valence-corrected chi connectivity index (χ3v) is 3.47. The molecule has 0 saturated heterocycles. The van der Waals surface area contributed by atoms with E-state index in [-0.39, 0.29) is 5.91 Å². The minimum absolute atomic E-state index is 0.117. The van der Waals surface area contributed by atoms with Gasteiger partial charge in [0.25, 0.3) is 5.91 Å². The highest BCUT2D eigenvalue weighted by Gasteiger charge is 2.29. The van der Waals surface area contributed by atoms with Gasteiger partial charge in [-0.2, -0.15) is 0 Å². The van der Waals surface area contributed by atoms with E-state index in [1.807, 2.05) is 47.8 Å². The molecule has 2 aromatic rings. The Morgan fingerprint density at radius 2 is 2.22 bits per heavy atom. The number of hydrogen-bond acceptors (Lipinski definition) is 2. The fraction of sp³-hybridized carbons (Fsp3) is 0.286. The largest absolute Gasteiger partial charge is 0.337 e. The van der Waals surface area contributed by atoms with Crippen LogP contribution in [0, 0.1) is 6.92 Å². The molecule has 0 radical (unpaired) electrons. The molecule has 1 aliphatic heterocycles. The lowest BCUT2D eigenvalue weighted by molar-refractivity contribution is 0.0761. The second kappa shape index (κ2) is 3.98. The number of aromatic nitrogens is 2. The van der Waals surface area contributed by atoms with Gasteiger partial charge in [0.1, 0.15) is 5.82 Å². The van der Waals surface area contributed by atoms with Crippen molar-refractivity contribution < 1.29 is 4.79 Å². The van der Waals surface area contributed by atoms with Crippen LogP contribution in [0.5, 0.6) is 0 Å². The minimum atomic E-state index is 0.117. The quantitative estimate of drug-likeness (QED) is 0.805. The molecule has 1 aliphatic rings. The van der Waals surface area contributed by atoms with Gasteiger partial charge < -0.3 is 9.47 Å². The first-order valence-electron chi connectivity index (χ1n) is 6.01. The fourth-order valence-corrected chi connectivity index (χ4v) is 2.45. The fourth-order valence-electron chi connectivity index (χ4n) is 2.45. The summed E-state index contributed by atoms with van der Waals surface area (Å²) in [5, 5.41) is 0. The molecular formula is C14H15N3O. The Bertz CT molecular complexity index is 615. The van der Waals surface area contributed by atoms with Gasteiger partial charge >= 0.3 is 0 Å². The molecule has 3 rings (SSSR count). The van der Waals surface area contributed by atoms with E-state index in [2.05, 4.69) is 4.98 Å². The highest BCUT2D eigenvalue weighted by molar-refractivity contribution is 5.99. The van der Waals surface area contributed by atoms with Crippen molar-refractivity contribution in [1.29, 1.82) is 0 Å². The lowest BCUT2D eigenvalue weighted by Crippen LogP contribution is -2.25. The van der Waals surface area contributed by atoms with Crippen LogP contribution in [0.3, 0.4) is 0 Å². The number of imidazole rings is 1. The van der Waals surface area contributed by atoms with Gasteiger partial charge in [0.05, 0.1) is 6.54 Å². The van der Waals surface area contributed by atoms with Crippen LogP contribution in [0.4, 0.5) is 0 Å². The zero-order chi connectivity index (χ0) is 12.7. The average Bonchev–Trinajstić information content (AvgIpc) is 2.87. The first kappa shape index (κ1) is 11.0. The summed E-state index contributed by atoms with van der Waals surface area (Å²) in [4.78, 5) is 18.5. The normalized spacial score (nSPS) is 14.1. The molecule has 2 heterocycles. The van der Waals surface area contributed by atoms with Crippen molar-refractivity contribution in [3.05, 3.63) is 53.1 Å². The van der Waals surface area contributed by atoms with Crippen molar-refractivity contribution in [3.63, 3.8) is 0 Å². The lowest BCUT2D eigenvalue weighted by Gasteiger charge is -2.15. The van der Waals surface area contributed by atoms with E-state index in [1.165, 1.54) is 0 Å². The number of nitrogens with zero attached hydrogens (tertiary/aromatic N) is 3. The molecule has 0 atom stereocenters. The monoisotopic (exact) mass is 241 g/mol. The smallest absolute Gasteiger partial charge is 0.255 e. The summed E-state index contributed by atoms with van der Waals surface area (Å²) in [6.45, 7) is 3.24. The van der Waals surface area contributed by atoms with Crippen LogP contribution in [0.25, 0.3) is 0 Å². The molecule has 1 amide bonds. The highest BCUT2D eigenvalue weighted by Crippen LogP contribution is 2.26. The van der Waals surface area contributed by atoms with Gasteiger partial charge in [-0.1, -0.05) is 18.2 Å². The van der Waals surface area contributed by atoms with E-state index >= 15 is 0 Å². The SMILES string of the molecule is Cc1cccc2c1C(=O)N(Cc1nccn1C)C2. The van der Waals surface area contributed by atoms with Crippen LogP contribution in [-0.4, -0.2) is 20.4 Å². The molecule has 18 heavy (non-hydrogen) atoms. The molecule has 0 bridgehead atoms. The van der Waals surface area contributed by atoms with E-state index in [0.717, 1.165) is 22.5 Å². The number of amides is 1. The minimum Gasteiger partial charge on any atom is -0.337 e. The maximum atomic E-state index is 12.3. The maximum absolute atomic E-state index is 12.3. The molecule has 1 aromatic carbocycles. The second-order valence-corrected chi connectivity index (χ2v) is 4.72. The van der Waals surface area contributed by atoms with E-state index in [4.69, 9.17) is 0 Å². The van der Waals surface area contributed by atoms with Gasteiger partial charge in [-0.15, -0.1) is 0 Å². The van der Waals surface area contributed by atoms with Crippen molar-refractivity contribution in [2.24, 2.45) is 7.05 Å². The molecule has 0 saturated carbocycles. The van der Waals surface area contributed by atoms with E-state index in [0.29, 0.717) is 13.1 Å². The number of benzene rings is 1. The molecule has 4 heteroatoms. The third kappa shape index (κ3) is 1.61. The van der Waals surface area contributed by atoms with Crippen LogP contribution >= 0.6 is 0 Å². The van der Waals surface area contributed by atoms with Gasteiger partial charge in [0, 0.05) is 31.5 Å². The number of hydrogen-bond donors (Lipinski definition) is 0. The molecule has 0 aliphatic carbocycles. The molecular weight excluding hydrogens is 226 g/mol. The van der Waals surface area contributed by atoms with E-state index < -0.39 is 0 Å². The van der Waals surface area contributed by atoms with Gasteiger partial charge in [-0.3, -0.25) is 4.79 Å². The predicted molar refractivity (Wildman–Crippen MR) is 68.0 cm³/mol. The van der Waals surface area contributed by atoms with E-state index in [1.54, 1.807) is 6.20 Å². The number of fused-ring (bicyclic) bond motifs is 1. The van der Waals surface area contributed by atoms with Crippen LogP contribution in [0.15, 0.2) is 30.6 Å². The van der Waals surface area contributed by atoms with Crippen molar-refractivity contribution >= 4 is 5.91 Å². The lowest BCUT2D eigenvalue weighted by atomic mass is 10.0. The van der Waals surface area contributed by atoms with Crippen LogP contribution in [0.1, 0.15) is 27.3 Å². The molecule has 92 valence electrons. The molecule has 1 aromatic heterocycles. The molecule has 4 nitrogen and oxygen atoms in total. The van der Waals surface area contributed by atoms with Crippen molar-refractivity contribution in [1.82, 2.24) is 14.5 Å².